The van der Waals surface area contributed by atoms with Gasteiger partial charge in [0.1, 0.15) is 5.82 Å². The van der Waals surface area contributed by atoms with Crippen molar-refractivity contribution in [2.75, 3.05) is 5.32 Å². The number of benzene rings is 2. The van der Waals surface area contributed by atoms with Gasteiger partial charge >= 0.3 is 0 Å². The molecule has 0 aromatic heterocycles. The van der Waals surface area contributed by atoms with Crippen LogP contribution in [-0.2, 0) is 6.54 Å². The Labute approximate surface area is 111 Å². The Morgan fingerprint density at radius 3 is 2.53 bits per heavy atom. The first-order valence-corrected chi connectivity index (χ1v) is 5.95. The molecule has 0 unspecified atom stereocenters. The van der Waals surface area contributed by atoms with E-state index in [9.17, 15) is 9.18 Å². The maximum absolute atomic E-state index is 13.4. The van der Waals surface area contributed by atoms with Crippen molar-refractivity contribution in [3.05, 3.63) is 65.0 Å². The van der Waals surface area contributed by atoms with Crippen molar-refractivity contribution in [3.8, 4) is 0 Å². The van der Waals surface area contributed by atoms with Gasteiger partial charge in [-0.15, -0.1) is 0 Å². The molecule has 0 saturated carbocycles. The van der Waals surface area contributed by atoms with Crippen molar-refractivity contribution < 1.29 is 9.18 Å². The molecular weight excluding hydrogens is 243 g/mol. The Kier molecular flexibility index (Phi) is 3.80. The van der Waals surface area contributed by atoms with Crippen LogP contribution in [0.3, 0.4) is 0 Å². The fraction of sp³-hybridized carbons (Fsp3) is 0.133. The SMILES string of the molecule is Cc1c(F)cccc1NCc1ccc(C(N)=O)cc1. The number of carbonyl (C=O) groups excluding carboxylic acids is 1. The number of carbonyl (C=O) groups is 1. The Balaban J connectivity index is 2.06. The summed E-state index contributed by atoms with van der Waals surface area (Å²) in [5.74, 6) is -0.672. The normalized spacial score (nSPS) is 10.2. The molecule has 4 heteroatoms. The van der Waals surface area contributed by atoms with Gasteiger partial charge in [0.05, 0.1) is 0 Å². The third kappa shape index (κ3) is 3.10. The second-order valence-corrected chi connectivity index (χ2v) is 4.33. The van der Waals surface area contributed by atoms with Crippen molar-refractivity contribution in [2.45, 2.75) is 13.5 Å². The van der Waals surface area contributed by atoms with Gasteiger partial charge < -0.3 is 11.1 Å². The lowest BCUT2D eigenvalue weighted by Gasteiger charge is -2.10. The minimum atomic E-state index is -0.444. The molecule has 0 radical (unpaired) electrons. The molecule has 98 valence electrons. The molecule has 0 aliphatic rings. The van der Waals surface area contributed by atoms with Crippen molar-refractivity contribution >= 4 is 11.6 Å². The molecule has 2 rings (SSSR count). The van der Waals surface area contributed by atoms with Crippen LogP contribution in [0.15, 0.2) is 42.5 Å². The fourth-order valence-electron chi connectivity index (χ4n) is 1.78. The van der Waals surface area contributed by atoms with Gasteiger partial charge in [0.2, 0.25) is 5.91 Å². The summed E-state index contributed by atoms with van der Waals surface area (Å²) in [6.07, 6.45) is 0. The van der Waals surface area contributed by atoms with E-state index in [4.69, 9.17) is 5.73 Å². The second kappa shape index (κ2) is 5.52. The van der Waals surface area contributed by atoms with E-state index in [1.54, 1.807) is 25.1 Å². The highest BCUT2D eigenvalue weighted by Crippen LogP contribution is 2.18. The smallest absolute Gasteiger partial charge is 0.248 e. The summed E-state index contributed by atoms with van der Waals surface area (Å²) in [5, 5.41) is 3.16. The lowest BCUT2D eigenvalue weighted by Crippen LogP contribution is -2.10. The standard InChI is InChI=1S/C15H15FN2O/c1-10-13(16)3-2-4-14(10)18-9-11-5-7-12(8-6-11)15(17)19/h2-8,18H,9H2,1H3,(H2,17,19). The van der Waals surface area contributed by atoms with Gasteiger partial charge in [0, 0.05) is 23.4 Å². The molecular formula is C15H15FN2O. The molecule has 0 spiro atoms. The van der Waals surface area contributed by atoms with Crippen molar-refractivity contribution in [3.63, 3.8) is 0 Å². The highest BCUT2D eigenvalue weighted by atomic mass is 19.1. The van der Waals surface area contributed by atoms with Crippen LogP contribution >= 0.6 is 0 Å². The second-order valence-electron chi connectivity index (χ2n) is 4.33. The number of primary amides is 1. The number of anilines is 1. The fourth-order valence-corrected chi connectivity index (χ4v) is 1.78. The minimum Gasteiger partial charge on any atom is -0.381 e. The van der Waals surface area contributed by atoms with Gasteiger partial charge in [-0.3, -0.25) is 4.79 Å². The van der Waals surface area contributed by atoms with E-state index in [2.05, 4.69) is 5.32 Å². The highest BCUT2D eigenvalue weighted by molar-refractivity contribution is 5.92. The molecule has 0 saturated heterocycles. The Morgan fingerprint density at radius 2 is 1.89 bits per heavy atom. The van der Waals surface area contributed by atoms with Gasteiger partial charge in [-0.25, -0.2) is 4.39 Å². The third-order valence-corrected chi connectivity index (χ3v) is 2.99. The number of nitrogens with one attached hydrogen (secondary N) is 1. The zero-order valence-electron chi connectivity index (χ0n) is 10.6. The lowest BCUT2D eigenvalue weighted by atomic mass is 10.1. The lowest BCUT2D eigenvalue weighted by molar-refractivity contribution is 0.100. The van der Waals surface area contributed by atoms with Gasteiger partial charge in [0.25, 0.3) is 0 Å². The van der Waals surface area contributed by atoms with Crippen LogP contribution in [0.2, 0.25) is 0 Å². The first-order chi connectivity index (χ1) is 9.08. The van der Waals surface area contributed by atoms with E-state index in [1.807, 2.05) is 18.2 Å². The van der Waals surface area contributed by atoms with Crippen LogP contribution < -0.4 is 11.1 Å². The zero-order chi connectivity index (χ0) is 13.8. The average Bonchev–Trinajstić information content (AvgIpc) is 2.41. The molecule has 3 nitrogen and oxygen atoms in total. The van der Waals surface area contributed by atoms with Crippen molar-refractivity contribution in [1.82, 2.24) is 0 Å². The third-order valence-electron chi connectivity index (χ3n) is 2.99. The average molecular weight is 258 g/mol. The predicted octanol–water partition coefficient (Wildman–Crippen LogP) is 2.85. The van der Waals surface area contributed by atoms with Crippen LogP contribution in [0.5, 0.6) is 0 Å². The van der Waals surface area contributed by atoms with E-state index in [0.717, 1.165) is 11.3 Å². The molecule has 0 aliphatic carbocycles. The summed E-state index contributed by atoms with van der Waals surface area (Å²) in [7, 11) is 0. The van der Waals surface area contributed by atoms with Crippen molar-refractivity contribution in [1.29, 1.82) is 0 Å². The van der Waals surface area contributed by atoms with Crippen LogP contribution in [0, 0.1) is 12.7 Å². The first kappa shape index (κ1) is 13.1. The van der Waals surface area contributed by atoms with Gasteiger partial charge in [-0.1, -0.05) is 18.2 Å². The van der Waals surface area contributed by atoms with Crippen molar-refractivity contribution in [2.24, 2.45) is 5.73 Å². The summed E-state index contributed by atoms with van der Waals surface area (Å²) in [4.78, 5) is 10.9. The molecule has 3 N–H and O–H groups in total. The maximum Gasteiger partial charge on any atom is 0.248 e. The van der Waals surface area contributed by atoms with E-state index >= 15 is 0 Å². The highest BCUT2D eigenvalue weighted by Gasteiger charge is 2.03. The van der Waals surface area contributed by atoms with Crippen LogP contribution in [0.1, 0.15) is 21.5 Å². The summed E-state index contributed by atoms with van der Waals surface area (Å²) in [6.45, 7) is 2.29. The number of hydrogen-bond donors (Lipinski definition) is 2. The molecule has 0 atom stereocenters. The summed E-state index contributed by atoms with van der Waals surface area (Å²) in [5.41, 5.74) is 8.00. The summed E-state index contributed by atoms with van der Waals surface area (Å²) >= 11 is 0. The Morgan fingerprint density at radius 1 is 1.21 bits per heavy atom. The van der Waals surface area contributed by atoms with Gasteiger partial charge in [-0.05, 0) is 36.8 Å². The minimum absolute atomic E-state index is 0.228. The molecule has 1 amide bonds. The predicted molar refractivity (Wildman–Crippen MR) is 73.4 cm³/mol. The first-order valence-electron chi connectivity index (χ1n) is 5.95. The largest absolute Gasteiger partial charge is 0.381 e. The summed E-state index contributed by atoms with van der Waals surface area (Å²) in [6, 6.07) is 11.9. The molecule has 0 fully saturated rings. The van der Waals surface area contributed by atoms with E-state index in [1.165, 1.54) is 6.07 Å². The molecule has 0 heterocycles. The number of hydrogen-bond acceptors (Lipinski definition) is 2. The van der Waals surface area contributed by atoms with E-state index in [0.29, 0.717) is 17.7 Å². The molecule has 0 bridgehead atoms. The summed E-state index contributed by atoms with van der Waals surface area (Å²) < 4.78 is 13.4. The van der Waals surface area contributed by atoms with Gasteiger partial charge in [-0.2, -0.15) is 0 Å². The number of halogens is 1. The monoisotopic (exact) mass is 258 g/mol. The maximum atomic E-state index is 13.4. The number of amides is 1. The molecule has 19 heavy (non-hydrogen) atoms. The van der Waals surface area contributed by atoms with E-state index < -0.39 is 5.91 Å². The topological polar surface area (TPSA) is 55.1 Å². The van der Waals surface area contributed by atoms with Gasteiger partial charge in [0.15, 0.2) is 0 Å². The quantitative estimate of drug-likeness (QED) is 0.886. The van der Waals surface area contributed by atoms with Crippen LogP contribution in [-0.4, -0.2) is 5.91 Å². The molecule has 2 aromatic rings. The number of rotatable bonds is 4. The Hall–Kier alpha value is -2.36. The van der Waals surface area contributed by atoms with Crippen LogP contribution in [0.4, 0.5) is 10.1 Å². The molecule has 0 aliphatic heterocycles. The number of nitrogens with two attached hydrogens (primary N) is 1. The van der Waals surface area contributed by atoms with Crippen LogP contribution in [0.25, 0.3) is 0 Å². The molecule has 2 aromatic carbocycles. The zero-order valence-corrected chi connectivity index (χ0v) is 10.6. The Bertz CT molecular complexity index is 594. The van der Waals surface area contributed by atoms with E-state index in [-0.39, 0.29) is 5.82 Å².